The molecule has 1 amide bonds. The number of halogens is 1. The standard InChI is InChI=1S/C21H20ClN5O3S/c1-12(2)27-31(29,30)14-10-19(23-11-14)21(28)26-16-6-4-3-5-15(16)20-24-17-8-7-13(22)9-18(17)25-20/h3-12,23,27H,1-2H3,(H,24,25)(H,26,28). The lowest BCUT2D eigenvalue weighted by Gasteiger charge is -2.09. The van der Waals surface area contributed by atoms with E-state index in [2.05, 4.69) is 25.0 Å². The Morgan fingerprint density at radius 2 is 1.90 bits per heavy atom. The van der Waals surface area contributed by atoms with E-state index >= 15 is 0 Å². The Morgan fingerprint density at radius 1 is 1.13 bits per heavy atom. The summed E-state index contributed by atoms with van der Waals surface area (Å²) in [6, 6.07) is 13.6. The van der Waals surface area contributed by atoms with Crippen molar-refractivity contribution in [3.05, 3.63) is 65.4 Å². The number of para-hydroxylation sites is 1. The maximum Gasteiger partial charge on any atom is 0.272 e. The van der Waals surface area contributed by atoms with E-state index in [1.165, 1.54) is 12.3 Å². The minimum absolute atomic E-state index is 0.00574. The first kappa shape index (κ1) is 21.1. The zero-order chi connectivity index (χ0) is 22.2. The highest BCUT2D eigenvalue weighted by molar-refractivity contribution is 7.89. The first-order valence-electron chi connectivity index (χ1n) is 9.50. The van der Waals surface area contributed by atoms with Crippen LogP contribution in [0.25, 0.3) is 22.4 Å². The topological polar surface area (TPSA) is 120 Å². The van der Waals surface area contributed by atoms with Crippen LogP contribution in [-0.2, 0) is 10.0 Å². The number of carbonyl (C=O) groups is 1. The molecule has 4 aromatic rings. The molecule has 8 nitrogen and oxygen atoms in total. The number of carbonyl (C=O) groups excluding carboxylic acids is 1. The van der Waals surface area contributed by atoms with Crippen molar-refractivity contribution < 1.29 is 13.2 Å². The zero-order valence-corrected chi connectivity index (χ0v) is 18.3. The van der Waals surface area contributed by atoms with Crippen LogP contribution in [0.5, 0.6) is 0 Å². The number of benzene rings is 2. The molecule has 0 spiro atoms. The average Bonchev–Trinajstić information content (AvgIpc) is 3.35. The Bertz CT molecular complexity index is 1370. The quantitative estimate of drug-likeness (QED) is 0.347. The first-order valence-corrected chi connectivity index (χ1v) is 11.4. The van der Waals surface area contributed by atoms with Gasteiger partial charge in [-0.1, -0.05) is 23.7 Å². The molecule has 0 aliphatic heterocycles. The second kappa shape index (κ2) is 8.18. The van der Waals surface area contributed by atoms with Crippen molar-refractivity contribution in [1.29, 1.82) is 0 Å². The molecule has 0 atom stereocenters. The molecule has 0 radical (unpaired) electrons. The number of aromatic amines is 2. The highest BCUT2D eigenvalue weighted by Crippen LogP contribution is 2.29. The van der Waals surface area contributed by atoms with Gasteiger partial charge in [0.15, 0.2) is 0 Å². The lowest BCUT2D eigenvalue weighted by molar-refractivity contribution is 0.102. The number of hydrogen-bond acceptors (Lipinski definition) is 4. The lowest BCUT2D eigenvalue weighted by atomic mass is 10.1. The van der Waals surface area contributed by atoms with Crippen LogP contribution in [0.2, 0.25) is 5.02 Å². The Morgan fingerprint density at radius 3 is 2.68 bits per heavy atom. The summed E-state index contributed by atoms with van der Waals surface area (Å²) in [7, 11) is -3.70. The monoisotopic (exact) mass is 457 g/mol. The number of rotatable bonds is 6. The van der Waals surface area contributed by atoms with E-state index in [-0.39, 0.29) is 16.6 Å². The summed E-state index contributed by atoms with van der Waals surface area (Å²) in [5.74, 6) is 0.0988. The molecule has 0 aliphatic rings. The Labute approximate surface area is 184 Å². The molecule has 4 rings (SSSR count). The van der Waals surface area contributed by atoms with Gasteiger partial charge in [-0.15, -0.1) is 0 Å². The van der Waals surface area contributed by atoms with Gasteiger partial charge in [-0.3, -0.25) is 4.79 Å². The Hall–Kier alpha value is -3.14. The first-order chi connectivity index (χ1) is 14.7. The fourth-order valence-corrected chi connectivity index (χ4v) is 4.55. The predicted molar refractivity (Wildman–Crippen MR) is 121 cm³/mol. The van der Waals surface area contributed by atoms with Gasteiger partial charge < -0.3 is 15.3 Å². The zero-order valence-electron chi connectivity index (χ0n) is 16.7. The lowest BCUT2D eigenvalue weighted by Crippen LogP contribution is -2.29. The highest BCUT2D eigenvalue weighted by Gasteiger charge is 2.20. The third-order valence-corrected chi connectivity index (χ3v) is 6.35. The fraction of sp³-hybridized carbons (Fsp3) is 0.143. The van der Waals surface area contributed by atoms with Crippen LogP contribution >= 0.6 is 11.6 Å². The van der Waals surface area contributed by atoms with E-state index in [1.54, 1.807) is 38.1 Å². The van der Waals surface area contributed by atoms with Gasteiger partial charge >= 0.3 is 0 Å². The van der Waals surface area contributed by atoms with E-state index in [4.69, 9.17) is 11.6 Å². The molecular weight excluding hydrogens is 438 g/mol. The molecule has 0 fully saturated rings. The van der Waals surface area contributed by atoms with E-state index in [0.717, 1.165) is 11.0 Å². The summed E-state index contributed by atoms with van der Waals surface area (Å²) in [5.41, 5.74) is 2.86. The van der Waals surface area contributed by atoms with Gasteiger partial charge in [0.2, 0.25) is 10.0 Å². The normalized spacial score (nSPS) is 11.9. The molecule has 0 aliphatic carbocycles. The molecular formula is C21H20ClN5O3S. The van der Waals surface area contributed by atoms with Gasteiger partial charge in [-0.2, -0.15) is 0 Å². The number of aromatic nitrogens is 3. The number of H-pyrrole nitrogens is 2. The summed E-state index contributed by atoms with van der Waals surface area (Å²) >= 11 is 6.05. The van der Waals surface area contributed by atoms with Crippen LogP contribution in [0.4, 0.5) is 5.69 Å². The maximum atomic E-state index is 12.8. The summed E-state index contributed by atoms with van der Waals surface area (Å²) < 4.78 is 27.1. The van der Waals surface area contributed by atoms with Crippen LogP contribution in [-0.4, -0.2) is 35.3 Å². The van der Waals surface area contributed by atoms with Gasteiger partial charge in [0, 0.05) is 22.8 Å². The van der Waals surface area contributed by atoms with Crippen molar-refractivity contribution in [2.45, 2.75) is 24.8 Å². The molecule has 0 bridgehead atoms. The van der Waals surface area contributed by atoms with Gasteiger partial charge in [0.1, 0.15) is 16.4 Å². The van der Waals surface area contributed by atoms with Gasteiger partial charge in [0.05, 0.1) is 16.7 Å². The molecule has 0 saturated heterocycles. The van der Waals surface area contributed by atoms with Crippen molar-refractivity contribution in [2.75, 3.05) is 5.32 Å². The van der Waals surface area contributed by atoms with Crippen molar-refractivity contribution in [1.82, 2.24) is 19.7 Å². The van der Waals surface area contributed by atoms with Crippen molar-refractivity contribution in [3.8, 4) is 11.4 Å². The SMILES string of the molecule is CC(C)NS(=O)(=O)c1c[nH]c(C(=O)Nc2ccccc2-c2nc3ccc(Cl)cc3[nH]2)c1. The van der Waals surface area contributed by atoms with E-state index in [0.29, 0.717) is 22.1 Å². The molecule has 4 N–H and O–H groups in total. The number of hydrogen-bond donors (Lipinski definition) is 4. The summed E-state index contributed by atoms with van der Waals surface area (Å²) in [6.07, 6.45) is 1.29. The van der Waals surface area contributed by atoms with Crippen LogP contribution in [0.15, 0.2) is 59.6 Å². The highest BCUT2D eigenvalue weighted by atomic mass is 35.5. The number of anilines is 1. The number of imidazole rings is 1. The molecule has 2 aromatic carbocycles. The minimum Gasteiger partial charge on any atom is -0.356 e. The molecule has 0 unspecified atom stereocenters. The molecule has 160 valence electrons. The van der Waals surface area contributed by atoms with Crippen molar-refractivity contribution in [2.24, 2.45) is 0 Å². The van der Waals surface area contributed by atoms with E-state index < -0.39 is 15.9 Å². The summed E-state index contributed by atoms with van der Waals surface area (Å²) in [6.45, 7) is 3.45. The number of fused-ring (bicyclic) bond motifs is 1. The van der Waals surface area contributed by atoms with E-state index in [9.17, 15) is 13.2 Å². The minimum atomic E-state index is -3.70. The predicted octanol–water partition coefficient (Wildman–Crippen LogP) is 4.15. The van der Waals surface area contributed by atoms with Crippen LogP contribution in [0, 0.1) is 0 Å². The number of nitrogens with one attached hydrogen (secondary N) is 4. The molecule has 2 heterocycles. The number of nitrogens with zero attached hydrogens (tertiary/aromatic N) is 1. The van der Waals surface area contributed by atoms with Gasteiger partial charge in [-0.05, 0) is 50.2 Å². The average molecular weight is 458 g/mol. The smallest absolute Gasteiger partial charge is 0.272 e. The Kier molecular flexibility index (Phi) is 5.57. The van der Waals surface area contributed by atoms with Crippen LogP contribution < -0.4 is 10.0 Å². The Balaban J connectivity index is 1.61. The third kappa shape index (κ3) is 4.48. The largest absolute Gasteiger partial charge is 0.356 e. The number of amides is 1. The van der Waals surface area contributed by atoms with Crippen LogP contribution in [0.3, 0.4) is 0 Å². The van der Waals surface area contributed by atoms with Crippen LogP contribution in [0.1, 0.15) is 24.3 Å². The maximum absolute atomic E-state index is 12.8. The summed E-state index contributed by atoms with van der Waals surface area (Å²) in [5, 5.41) is 3.41. The van der Waals surface area contributed by atoms with E-state index in [1.807, 2.05) is 18.2 Å². The van der Waals surface area contributed by atoms with Crippen molar-refractivity contribution in [3.63, 3.8) is 0 Å². The van der Waals surface area contributed by atoms with Gasteiger partial charge in [-0.25, -0.2) is 18.1 Å². The third-order valence-electron chi connectivity index (χ3n) is 4.48. The van der Waals surface area contributed by atoms with Gasteiger partial charge in [0.25, 0.3) is 5.91 Å². The summed E-state index contributed by atoms with van der Waals surface area (Å²) in [4.78, 5) is 23.3. The molecule has 31 heavy (non-hydrogen) atoms. The molecule has 2 aromatic heterocycles. The fourth-order valence-electron chi connectivity index (χ4n) is 3.14. The second-order valence-electron chi connectivity index (χ2n) is 7.27. The molecule has 0 saturated carbocycles. The number of sulfonamides is 1. The van der Waals surface area contributed by atoms with Crippen molar-refractivity contribution >= 4 is 44.3 Å². The second-order valence-corrected chi connectivity index (χ2v) is 9.42. The molecule has 10 heteroatoms.